The van der Waals surface area contributed by atoms with Crippen LogP contribution in [0, 0.1) is 0 Å². The summed E-state index contributed by atoms with van der Waals surface area (Å²) < 4.78 is 0. The van der Waals surface area contributed by atoms with Crippen molar-refractivity contribution in [2.75, 3.05) is 5.75 Å². The predicted molar refractivity (Wildman–Crippen MR) is 76.3 cm³/mol. The number of β-lactam (4-membered cyclic amide) rings is 1. The highest BCUT2D eigenvalue weighted by Gasteiger charge is 2.53. The van der Waals surface area contributed by atoms with E-state index in [1.807, 2.05) is 13.8 Å². The molecule has 0 spiro atoms. The van der Waals surface area contributed by atoms with Crippen molar-refractivity contribution in [3.63, 3.8) is 0 Å². The van der Waals surface area contributed by atoms with Crippen LogP contribution < -0.4 is 0 Å². The number of carboxylic acids is 1. The first-order valence-corrected chi connectivity index (χ1v) is 6.37. The summed E-state index contributed by atoms with van der Waals surface area (Å²) in [6.07, 6.45) is 0. The molecule has 5 nitrogen and oxygen atoms in total. The first-order valence-electron chi connectivity index (χ1n) is 5.32. The van der Waals surface area contributed by atoms with Crippen LogP contribution in [0.3, 0.4) is 0 Å². The van der Waals surface area contributed by atoms with Crippen molar-refractivity contribution in [1.82, 2.24) is 4.90 Å². The van der Waals surface area contributed by atoms with Crippen molar-refractivity contribution in [3.8, 4) is 0 Å². The molecule has 0 radical (unpaired) electrons. The maximum absolute atomic E-state index is 11.9. The molecule has 0 aliphatic carbocycles. The van der Waals surface area contributed by atoms with Crippen LogP contribution in [0.5, 0.6) is 0 Å². The van der Waals surface area contributed by atoms with E-state index in [0.717, 1.165) is 11.3 Å². The molecule has 100 valence electrons. The van der Waals surface area contributed by atoms with Gasteiger partial charge in [-0.15, -0.1) is 28.7 Å². The van der Waals surface area contributed by atoms with Crippen molar-refractivity contribution in [2.24, 2.45) is 4.99 Å². The molecule has 1 amide bonds. The Morgan fingerprint density at radius 3 is 2.61 bits per heavy atom. The molecule has 0 bridgehead atoms. The highest BCUT2D eigenvalue weighted by Crippen LogP contribution is 2.41. The van der Waals surface area contributed by atoms with E-state index in [0.29, 0.717) is 5.75 Å². The van der Waals surface area contributed by atoms with E-state index in [1.54, 1.807) is 18.7 Å². The summed E-state index contributed by atoms with van der Waals surface area (Å²) in [6, 6.07) is -0.410. The van der Waals surface area contributed by atoms with Crippen LogP contribution in [0.2, 0.25) is 0 Å². The Balaban J connectivity index is 0.00000162. The van der Waals surface area contributed by atoms with Gasteiger partial charge in [0.15, 0.2) is 6.04 Å². The van der Waals surface area contributed by atoms with E-state index in [-0.39, 0.29) is 34.0 Å². The lowest BCUT2D eigenvalue weighted by Crippen LogP contribution is -2.64. The van der Waals surface area contributed by atoms with Crippen molar-refractivity contribution in [3.05, 3.63) is 11.3 Å². The van der Waals surface area contributed by atoms with Gasteiger partial charge in [0.25, 0.3) is 5.91 Å². The second kappa shape index (κ2) is 5.44. The standard InChI is InChI=1S/C11H14N2O3S.BrH/c1-5(2)12-7-9(14)13-8(11(15)16)6(3)4-17-10(7)13;/h7,10H,4H2,1-3H3,(H,15,16);1H/t7?,10-;/m1./s1. The SMILES string of the molecule is Br.CC(C)=NC1C(=O)N2C(C(=O)O)=C(C)CS[C@H]12. The van der Waals surface area contributed by atoms with Crippen LogP contribution in [-0.4, -0.2) is 44.8 Å². The number of carbonyl (C=O) groups is 2. The van der Waals surface area contributed by atoms with Gasteiger partial charge in [-0.2, -0.15) is 0 Å². The number of rotatable bonds is 2. The van der Waals surface area contributed by atoms with E-state index < -0.39 is 12.0 Å². The molecule has 0 aromatic rings. The van der Waals surface area contributed by atoms with Crippen LogP contribution in [0.15, 0.2) is 16.3 Å². The summed E-state index contributed by atoms with van der Waals surface area (Å²) in [5, 5.41) is 8.97. The van der Waals surface area contributed by atoms with E-state index >= 15 is 0 Å². The Morgan fingerprint density at radius 1 is 1.50 bits per heavy atom. The van der Waals surface area contributed by atoms with Gasteiger partial charge < -0.3 is 5.11 Å². The fourth-order valence-corrected chi connectivity index (χ4v) is 3.29. The van der Waals surface area contributed by atoms with E-state index in [9.17, 15) is 9.59 Å². The van der Waals surface area contributed by atoms with Gasteiger partial charge in [-0.25, -0.2) is 4.79 Å². The fraction of sp³-hybridized carbons (Fsp3) is 0.545. The van der Waals surface area contributed by atoms with Crippen LogP contribution in [0.25, 0.3) is 0 Å². The number of hydrogen-bond donors (Lipinski definition) is 1. The molecule has 2 atom stereocenters. The second-order valence-corrected chi connectivity index (χ2v) is 5.47. The molecular formula is C11H15BrN2O3S. The van der Waals surface area contributed by atoms with Gasteiger partial charge in [0, 0.05) is 11.5 Å². The van der Waals surface area contributed by atoms with Crippen molar-refractivity contribution in [2.45, 2.75) is 32.2 Å². The van der Waals surface area contributed by atoms with Crippen molar-refractivity contribution in [1.29, 1.82) is 0 Å². The van der Waals surface area contributed by atoms with Gasteiger partial charge in [0.05, 0.1) is 0 Å². The van der Waals surface area contributed by atoms with Crippen molar-refractivity contribution < 1.29 is 14.7 Å². The lowest BCUT2D eigenvalue weighted by molar-refractivity contribution is -0.147. The molecule has 2 aliphatic heterocycles. The van der Waals surface area contributed by atoms with Crippen LogP contribution in [-0.2, 0) is 9.59 Å². The van der Waals surface area contributed by atoms with Gasteiger partial charge in [0.1, 0.15) is 11.1 Å². The average molecular weight is 335 g/mol. The minimum Gasteiger partial charge on any atom is -0.477 e. The maximum atomic E-state index is 11.9. The monoisotopic (exact) mass is 334 g/mol. The molecule has 0 aromatic heterocycles. The second-order valence-electron chi connectivity index (χ2n) is 4.37. The number of thioether (sulfide) groups is 1. The first-order chi connectivity index (χ1) is 7.93. The normalized spacial score (nSPS) is 25.9. The Labute approximate surface area is 120 Å². The number of carboxylic acid groups (broad SMARTS) is 1. The minimum atomic E-state index is -1.03. The zero-order chi connectivity index (χ0) is 12.7. The van der Waals surface area contributed by atoms with Gasteiger partial charge in [0.2, 0.25) is 0 Å². The third-order valence-electron chi connectivity index (χ3n) is 2.73. The predicted octanol–water partition coefficient (Wildman–Crippen LogP) is 1.69. The Kier molecular flexibility index (Phi) is 4.61. The fourth-order valence-electron chi connectivity index (χ4n) is 2.02. The number of aliphatic carboxylic acids is 1. The smallest absolute Gasteiger partial charge is 0.352 e. The highest BCUT2D eigenvalue weighted by molar-refractivity contribution is 8.93. The van der Waals surface area contributed by atoms with Crippen molar-refractivity contribution >= 4 is 46.3 Å². The number of nitrogens with zero attached hydrogens (tertiary/aromatic N) is 2. The summed E-state index contributed by atoms with van der Waals surface area (Å²) in [6.45, 7) is 5.42. The lowest BCUT2D eigenvalue weighted by Gasteiger charge is -2.47. The lowest BCUT2D eigenvalue weighted by atomic mass is 10.0. The molecule has 1 unspecified atom stereocenters. The largest absolute Gasteiger partial charge is 0.477 e. The molecule has 1 fully saturated rings. The van der Waals surface area contributed by atoms with E-state index in [1.165, 1.54) is 4.90 Å². The third kappa shape index (κ3) is 2.33. The number of hydrogen-bond acceptors (Lipinski definition) is 4. The molecule has 2 rings (SSSR count). The summed E-state index contributed by atoms with van der Waals surface area (Å²) >= 11 is 1.57. The quantitative estimate of drug-likeness (QED) is 0.616. The molecular weight excluding hydrogens is 320 g/mol. The Hall–Kier alpha value is -0.820. The zero-order valence-corrected chi connectivity index (χ0v) is 12.9. The molecule has 1 saturated heterocycles. The third-order valence-corrected chi connectivity index (χ3v) is 4.14. The van der Waals surface area contributed by atoms with E-state index in [2.05, 4.69) is 4.99 Å². The highest BCUT2D eigenvalue weighted by atomic mass is 79.9. The maximum Gasteiger partial charge on any atom is 0.352 e. The number of fused-ring (bicyclic) bond motifs is 1. The topological polar surface area (TPSA) is 70.0 Å². The summed E-state index contributed by atoms with van der Waals surface area (Å²) in [4.78, 5) is 28.7. The van der Waals surface area contributed by atoms with Crippen LogP contribution >= 0.6 is 28.7 Å². The zero-order valence-electron chi connectivity index (χ0n) is 10.3. The number of amides is 1. The number of halogens is 1. The van der Waals surface area contributed by atoms with Gasteiger partial charge in [-0.1, -0.05) is 0 Å². The molecule has 0 aromatic carbocycles. The molecule has 1 N–H and O–H groups in total. The van der Waals surface area contributed by atoms with E-state index in [4.69, 9.17) is 5.11 Å². The summed E-state index contributed by atoms with van der Waals surface area (Å²) in [7, 11) is 0. The van der Waals surface area contributed by atoms with Crippen LogP contribution in [0.4, 0.5) is 0 Å². The molecule has 7 heteroatoms. The molecule has 2 heterocycles. The molecule has 18 heavy (non-hydrogen) atoms. The van der Waals surface area contributed by atoms with Crippen LogP contribution in [0.1, 0.15) is 20.8 Å². The number of carbonyl (C=O) groups excluding carboxylic acids is 1. The minimum absolute atomic E-state index is 0. The summed E-state index contributed by atoms with van der Waals surface area (Å²) in [5.41, 5.74) is 1.72. The van der Waals surface area contributed by atoms with Gasteiger partial charge in [-0.3, -0.25) is 14.7 Å². The Bertz CT molecular complexity index is 457. The van der Waals surface area contributed by atoms with Gasteiger partial charge >= 0.3 is 5.97 Å². The summed E-state index contributed by atoms with van der Waals surface area (Å²) in [5.74, 6) is -0.595. The Morgan fingerprint density at radius 2 is 2.11 bits per heavy atom. The number of aliphatic imine (C=N–C) groups is 1. The molecule has 2 aliphatic rings. The average Bonchev–Trinajstić information content (AvgIpc) is 2.24. The van der Waals surface area contributed by atoms with Gasteiger partial charge in [-0.05, 0) is 26.3 Å². The molecule has 0 saturated carbocycles. The first kappa shape index (κ1) is 15.2.